The van der Waals surface area contributed by atoms with Crippen LogP contribution in [0.5, 0.6) is 0 Å². The second-order valence-electron chi connectivity index (χ2n) is 6.82. The highest BCUT2D eigenvalue weighted by molar-refractivity contribution is 14.1. The average Bonchev–Trinajstić information content (AvgIpc) is 3.27. The minimum atomic E-state index is -4.75. The Kier molecular flexibility index (Phi) is 6.55. The summed E-state index contributed by atoms with van der Waals surface area (Å²) in [5.41, 5.74) is 1.88. The Morgan fingerprint density at radius 2 is 1.97 bits per heavy atom. The second-order valence-corrected chi connectivity index (χ2v) is 9.23. The number of rotatable bonds is 7. The van der Waals surface area contributed by atoms with Gasteiger partial charge in [0.25, 0.3) is 0 Å². The van der Waals surface area contributed by atoms with Crippen LogP contribution in [0.4, 0.5) is 5.82 Å². The van der Waals surface area contributed by atoms with E-state index in [9.17, 15) is 14.8 Å². The topological polar surface area (TPSA) is 172 Å². The van der Waals surface area contributed by atoms with E-state index < -0.39 is 39.0 Å². The first kappa shape index (κ1) is 22.5. The van der Waals surface area contributed by atoms with Crippen LogP contribution in [0, 0.1) is 3.57 Å². The number of hydrogen-bond acceptors (Lipinski definition) is 9. The number of aliphatic hydroxyl groups excluding tert-OH is 2. The van der Waals surface area contributed by atoms with Crippen molar-refractivity contribution in [2.45, 2.75) is 31.1 Å². The summed E-state index contributed by atoms with van der Waals surface area (Å²) in [7, 11) is -4.75. The summed E-state index contributed by atoms with van der Waals surface area (Å²) in [4.78, 5) is 30.5. The Balaban J connectivity index is 1.55. The van der Waals surface area contributed by atoms with E-state index in [1.807, 2.05) is 24.3 Å². The number of hydrogen-bond donors (Lipinski definition) is 5. The zero-order chi connectivity index (χ0) is 22.2. The molecule has 0 amide bonds. The zero-order valence-corrected chi connectivity index (χ0v) is 18.9. The van der Waals surface area contributed by atoms with Crippen LogP contribution in [0.15, 0.2) is 36.9 Å². The van der Waals surface area contributed by atoms with Gasteiger partial charge in [0, 0.05) is 10.1 Å². The average molecular weight is 563 g/mol. The monoisotopic (exact) mass is 563 g/mol. The standard InChI is InChI=1S/C17H19IN5O7P/c18-10-4-2-1-3-9(10)5-19-15-12-16(21-7-20-15)23(8-22-12)17-14(25)13(24)11(30-17)6-29-31(26,27)28/h1-4,7-8,11,13-14,17,24-25H,5-6H2,(H,19,20,21)(H2,26,27,28)/t11-,13-,14-,17-/m1/s1. The number of nitrogens with zero attached hydrogens (tertiary/aromatic N) is 4. The van der Waals surface area contributed by atoms with Gasteiger partial charge in [-0.1, -0.05) is 18.2 Å². The number of aliphatic hydroxyl groups is 2. The smallest absolute Gasteiger partial charge is 0.387 e. The molecule has 0 unspecified atom stereocenters. The van der Waals surface area contributed by atoms with Crippen molar-refractivity contribution >= 4 is 47.4 Å². The Labute approximate surface area is 189 Å². The van der Waals surface area contributed by atoms with Crippen LogP contribution in [0.3, 0.4) is 0 Å². The van der Waals surface area contributed by atoms with Crippen molar-refractivity contribution in [3.05, 3.63) is 46.1 Å². The van der Waals surface area contributed by atoms with Crippen molar-refractivity contribution in [2.75, 3.05) is 11.9 Å². The molecule has 3 heterocycles. The fraction of sp³-hybridized carbons (Fsp3) is 0.353. The number of aromatic nitrogens is 4. The van der Waals surface area contributed by atoms with E-state index in [0.717, 1.165) is 9.13 Å². The minimum Gasteiger partial charge on any atom is -0.387 e. The highest BCUT2D eigenvalue weighted by Gasteiger charge is 2.45. The molecule has 0 radical (unpaired) electrons. The number of anilines is 1. The summed E-state index contributed by atoms with van der Waals surface area (Å²) in [6.45, 7) is -0.0791. The van der Waals surface area contributed by atoms with Crippen LogP contribution >= 0.6 is 30.4 Å². The summed E-state index contributed by atoms with van der Waals surface area (Å²) in [5.74, 6) is 0.484. The molecule has 12 nitrogen and oxygen atoms in total. The number of benzene rings is 1. The molecular weight excluding hydrogens is 544 g/mol. The predicted molar refractivity (Wildman–Crippen MR) is 116 cm³/mol. The first-order valence-electron chi connectivity index (χ1n) is 9.11. The van der Waals surface area contributed by atoms with Crippen molar-refractivity contribution in [2.24, 2.45) is 0 Å². The molecule has 0 spiro atoms. The molecule has 31 heavy (non-hydrogen) atoms. The number of nitrogens with one attached hydrogen (secondary N) is 1. The maximum absolute atomic E-state index is 10.9. The van der Waals surface area contributed by atoms with Gasteiger partial charge in [-0.05, 0) is 34.2 Å². The van der Waals surface area contributed by atoms with Crippen molar-refractivity contribution in [1.29, 1.82) is 0 Å². The number of ether oxygens (including phenoxy) is 1. The van der Waals surface area contributed by atoms with Gasteiger partial charge in [0.2, 0.25) is 0 Å². The highest BCUT2D eigenvalue weighted by Crippen LogP contribution is 2.39. The van der Waals surface area contributed by atoms with E-state index in [2.05, 4.69) is 47.4 Å². The number of fused-ring (bicyclic) bond motifs is 1. The summed E-state index contributed by atoms with van der Waals surface area (Å²) in [6, 6.07) is 7.89. The van der Waals surface area contributed by atoms with E-state index in [-0.39, 0.29) is 0 Å². The van der Waals surface area contributed by atoms with E-state index in [4.69, 9.17) is 14.5 Å². The van der Waals surface area contributed by atoms with E-state index in [1.165, 1.54) is 17.2 Å². The van der Waals surface area contributed by atoms with Gasteiger partial charge in [0.15, 0.2) is 23.2 Å². The molecule has 4 atom stereocenters. The summed E-state index contributed by atoms with van der Waals surface area (Å²) < 4.78 is 23.4. The first-order chi connectivity index (χ1) is 14.7. The molecule has 1 aliphatic rings. The molecule has 1 aromatic carbocycles. The van der Waals surface area contributed by atoms with Crippen LogP contribution in [0.25, 0.3) is 11.2 Å². The second kappa shape index (κ2) is 9.03. The van der Waals surface area contributed by atoms with Gasteiger partial charge in [0.05, 0.1) is 12.9 Å². The SMILES string of the molecule is O=P(O)(O)OC[C@H]1O[C@@H](n2cnc3c(NCc4ccccc4I)ncnc32)[C@H](O)[C@@H]1O. The molecule has 5 N–H and O–H groups in total. The molecule has 14 heteroatoms. The maximum Gasteiger partial charge on any atom is 0.469 e. The van der Waals surface area contributed by atoms with Crippen LogP contribution in [-0.4, -0.2) is 64.4 Å². The van der Waals surface area contributed by atoms with Gasteiger partial charge in [-0.2, -0.15) is 0 Å². The van der Waals surface area contributed by atoms with E-state index in [0.29, 0.717) is 23.5 Å². The largest absolute Gasteiger partial charge is 0.469 e. The third-order valence-corrected chi connectivity index (χ3v) is 6.32. The van der Waals surface area contributed by atoms with Gasteiger partial charge in [-0.25, -0.2) is 19.5 Å². The number of phosphoric acid groups is 1. The van der Waals surface area contributed by atoms with Crippen molar-refractivity contribution < 1.29 is 33.8 Å². The lowest BCUT2D eigenvalue weighted by atomic mass is 10.1. The van der Waals surface area contributed by atoms with Crippen LogP contribution in [0.1, 0.15) is 11.8 Å². The normalized spacial score (nSPS) is 24.0. The molecule has 2 aromatic heterocycles. The van der Waals surface area contributed by atoms with Gasteiger partial charge in [0.1, 0.15) is 24.6 Å². The molecule has 0 saturated carbocycles. The molecule has 0 aliphatic carbocycles. The lowest BCUT2D eigenvalue weighted by Crippen LogP contribution is -2.33. The quantitative estimate of drug-likeness (QED) is 0.203. The highest BCUT2D eigenvalue weighted by atomic mass is 127. The maximum atomic E-state index is 10.9. The lowest BCUT2D eigenvalue weighted by Gasteiger charge is -2.16. The Morgan fingerprint density at radius 1 is 1.19 bits per heavy atom. The molecule has 1 fully saturated rings. The third-order valence-electron chi connectivity index (χ3n) is 4.78. The Hall–Kier alpha value is -1.71. The fourth-order valence-electron chi connectivity index (χ4n) is 3.26. The number of halogens is 1. The predicted octanol–water partition coefficient (Wildman–Crippen LogP) is 0.771. The van der Waals surface area contributed by atoms with Crippen molar-refractivity contribution in [1.82, 2.24) is 19.5 Å². The van der Waals surface area contributed by atoms with Gasteiger partial charge >= 0.3 is 7.82 Å². The molecule has 3 aromatic rings. The lowest BCUT2D eigenvalue weighted by molar-refractivity contribution is -0.0504. The third kappa shape index (κ3) is 4.88. The van der Waals surface area contributed by atoms with E-state index >= 15 is 0 Å². The zero-order valence-electron chi connectivity index (χ0n) is 15.8. The molecular formula is C17H19IN5O7P. The molecule has 0 bridgehead atoms. The Morgan fingerprint density at radius 3 is 2.71 bits per heavy atom. The van der Waals surface area contributed by atoms with Gasteiger partial charge in [-0.3, -0.25) is 9.09 Å². The molecule has 1 saturated heterocycles. The first-order valence-corrected chi connectivity index (χ1v) is 11.7. The summed E-state index contributed by atoms with van der Waals surface area (Å²) in [5, 5.41) is 23.8. The van der Waals surface area contributed by atoms with Gasteiger partial charge < -0.3 is 30.1 Å². The van der Waals surface area contributed by atoms with Gasteiger partial charge in [-0.15, -0.1) is 0 Å². The molecule has 1 aliphatic heterocycles. The van der Waals surface area contributed by atoms with Crippen LogP contribution in [0.2, 0.25) is 0 Å². The van der Waals surface area contributed by atoms with Crippen molar-refractivity contribution in [3.8, 4) is 0 Å². The van der Waals surface area contributed by atoms with E-state index in [1.54, 1.807) is 0 Å². The summed E-state index contributed by atoms with van der Waals surface area (Å²) in [6.07, 6.45) is -2.31. The van der Waals surface area contributed by atoms with Crippen molar-refractivity contribution in [3.63, 3.8) is 0 Å². The van der Waals surface area contributed by atoms with Crippen LogP contribution in [-0.2, 0) is 20.4 Å². The fourth-order valence-corrected chi connectivity index (χ4v) is 4.17. The molecule has 166 valence electrons. The molecule has 4 rings (SSSR count). The Bertz CT molecular complexity index is 1130. The minimum absolute atomic E-state index is 0.355. The number of phosphoric ester groups is 1. The number of imidazole rings is 1. The van der Waals surface area contributed by atoms with Crippen LogP contribution < -0.4 is 5.32 Å². The summed E-state index contributed by atoms with van der Waals surface area (Å²) >= 11 is 2.25.